The van der Waals surface area contributed by atoms with Crippen LogP contribution in [0.3, 0.4) is 0 Å². The van der Waals surface area contributed by atoms with Crippen LogP contribution in [0.4, 0.5) is 0 Å². The lowest BCUT2D eigenvalue weighted by atomic mass is 9.97. The Morgan fingerprint density at radius 3 is 2.30 bits per heavy atom. The van der Waals surface area contributed by atoms with Gasteiger partial charge in [0.15, 0.2) is 0 Å². The van der Waals surface area contributed by atoms with Crippen LogP contribution in [0.25, 0.3) is 0 Å². The van der Waals surface area contributed by atoms with Crippen molar-refractivity contribution in [3.8, 4) is 0 Å². The summed E-state index contributed by atoms with van der Waals surface area (Å²) in [6.45, 7) is 1.95. The molecule has 0 unspecified atom stereocenters. The van der Waals surface area contributed by atoms with Gasteiger partial charge < -0.3 is 10.4 Å². The molecule has 0 atom stereocenters. The van der Waals surface area contributed by atoms with Crippen LogP contribution >= 0.6 is 11.3 Å². The molecule has 5 nitrogen and oxygen atoms in total. The van der Waals surface area contributed by atoms with E-state index in [-0.39, 0.29) is 17.0 Å². The largest absolute Gasteiger partial charge is 0.478 e. The highest BCUT2D eigenvalue weighted by Crippen LogP contribution is 2.40. The Morgan fingerprint density at radius 1 is 1.17 bits per heavy atom. The zero-order chi connectivity index (χ0) is 16.4. The monoisotopic (exact) mass is 330 g/mol. The van der Waals surface area contributed by atoms with Crippen LogP contribution in [0.2, 0.25) is 0 Å². The second kappa shape index (κ2) is 6.12. The van der Waals surface area contributed by atoms with Gasteiger partial charge in [-0.25, -0.2) is 9.78 Å². The maximum atomic E-state index is 12.6. The fraction of sp³-hybridized carbons (Fsp3) is 0.353. The minimum Gasteiger partial charge on any atom is -0.478 e. The number of carbonyl (C=O) groups excluding carboxylic acids is 1. The third-order valence-electron chi connectivity index (χ3n) is 4.23. The zero-order valence-corrected chi connectivity index (χ0v) is 13.7. The van der Waals surface area contributed by atoms with Gasteiger partial charge in [0.25, 0.3) is 5.91 Å². The molecular formula is C17H18N2O3S. The molecule has 0 saturated heterocycles. The molecule has 0 aliphatic heterocycles. The first-order valence-electron chi connectivity index (χ1n) is 7.59. The maximum Gasteiger partial charge on any atom is 0.335 e. The summed E-state index contributed by atoms with van der Waals surface area (Å²) < 4.78 is 0. The quantitative estimate of drug-likeness (QED) is 0.901. The highest BCUT2D eigenvalue weighted by molar-refractivity contribution is 7.09. The summed E-state index contributed by atoms with van der Waals surface area (Å²) >= 11 is 1.59. The van der Waals surface area contributed by atoms with Crippen LogP contribution in [-0.4, -0.2) is 22.0 Å². The van der Waals surface area contributed by atoms with Gasteiger partial charge in [0.2, 0.25) is 0 Å². The number of amides is 1. The summed E-state index contributed by atoms with van der Waals surface area (Å²) in [5, 5.41) is 15.0. The Hall–Kier alpha value is -2.21. The van der Waals surface area contributed by atoms with E-state index in [0.717, 1.165) is 36.4 Å². The van der Waals surface area contributed by atoms with Crippen LogP contribution < -0.4 is 5.32 Å². The smallest absolute Gasteiger partial charge is 0.335 e. The predicted molar refractivity (Wildman–Crippen MR) is 87.9 cm³/mol. The number of thiazole rings is 1. The van der Waals surface area contributed by atoms with Crippen molar-refractivity contribution in [3.63, 3.8) is 0 Å². The van der Waals surface area contributed by atoms with Crippen molar-refractivity contribution in [3.05, 3.63) is 51.5 Å². The van der Waals surface area contributed by atoms with Gasteiger partial charge in [0.1, 0.15) is 5.01 Å². The average molecular weight is 330 g/mol. The number of benzene rings is 1. The number of rotatable bonds is 4. The fourth-order valence-electron chi connectivity index (χ4n) is 3.00. The lowest BCUT2D eigenvalue weighted by Crippen LogP contribution is -2.43. The van der Waals surface area contributed by atoms with Gasteiger partial charge in [-0.05, 0) is 44.0 Å². The summed E-state index contributed by atoms with van der Waals surface area (Å²) in [5.41, 5.74) is 1.22. The van der Waals surface area contributed by atoms with Crippen LogP contribution in [0, 0.1) is 6.92 Å². The van der Waals surface area contributed by atoms with Crippen LogP contribution in [0.15, 0.2) is 29.6 Å². The molecule has 1 aromatic carbocycles. The van der Waals surface area contributed by atoms with E-state index in [1.54, 1.807) is 23.5 Å². The van der Waals surface area contributed by atoms with Crippen molar-refractivity contribution in [1.29, 1.82) is 0 Å². The molecule has 1 amide bonds. The molecule has 2 N–H and O–H groups in total. The van der Waals surface area contributed by atoms with Crippen molar-refractivity contribution < 1.29 is 14.7 Å². The number of nitrogens with one attached hydrogen (secondary N) is 1. The molecular weight excluding hydrogens is 312 g/mol. The van der Waals surface area contributed by atoms with Crippen LogP contribution in [0.1, 0.15) is 57.1 Å². The number of aromatic nitrogens is 1. The van der Waals surface area contributed by atoms with Gasteiger partial charge in [-0.15, -0.1) is 11.3 Å². The molecule has 0 radical (unpaired) electrons. The minimum atomic E-state index is -0.998. The number of aromatic carboxylic acids is 1. The molecule has 1 saturated carbocycles. The van der Waals surface area contributed by atoms with Gasteiger partial charge >= 0.3 is 5.97 Å². The summed E-state index contributed by atoms with van der Waals surface area (Å²) in [6, 6.07) is 6.00. The first-order valence-corrected chi connectivity index (χ1v) is 8.47. The highest BCUT2D eigenvalue weighted by Gasteiger charge is 2.39. The third kappa shape index (κ3) is 3.12. The second-order valence-corrected chi connectivity index (χ2v) is 6.78. The minimum absolute atomic E-state index is 0.174. The number of nitrogens with zero attached hydrogens (tertiary/aromatic N) is 1. The molecule has 0 spiro atoms. The van der Waals surface area contributed by atoms with Crippen LogP contribution in [0.5, 0.6) is 0 Å². The number of hydrogen-bond acceptors (Lipinski definition) is 4. The van der Waals surface area contributed by atoms with Crippen LogP contribution in [-0.2, 0) is 5.54 Å². The molecule has 1 aliphatic carbocycles. The SMILES string of the molecule is Cc1csc(C2(NC(=O)c3ccc(C(=O)O)cc3)CCCC2)n1. The Balaban J connectivity index is 1.83. The Kier molecular flexibility index (Phi) is 4.17. The predicted octanol–water partition coefficient (Wildman–Crippen LogP) is 3.35. The fourth-order valence-corrected chi connectivity index (χ4v) is 4.01. The van der Waals surface area contributed by atoms with E-state index in [0.29, 0.717) is 5.56 Å². The molecule has 6 heteroatoms. The summed E-state index contributed by atoms with van der Waals surface area (Å²) in [7, 11) is 0. The molecule has 23 heavy (non-hydrogen) atoms. The first-order chi connectivity index (χ1) is 11.0. The van der Waals surface area contributed by atoms with E-state index >= 15 is 0 Å². The Bertz CT molecular complexity index is 731. The van der Waals surface area contributed by atoms with E-state index in [1.807, 2.05) is 12.3 Å². The topological polar surface area (TPSA) is 79.3 Å². The Morgan fingerprint density at radius 2 is 1.78 bits per heavy atom. The number of carboxylic acids is 1. The van der Waals surface area contributed by atoms with Crippen molar-refractivity contribution in [2.75, 3.05) is 0 Å². The van der Waals surface area contributed by atoms with Gasteiger partial charge in [-0.2, -0.15) is 0 Å². The van der Waals surface area contributed by atoms with E-state index in [9.17, 15) is 9.59 Å². The van der Waals surface area contributed by atoms with Crippen molar-refractivity contribution in [2.45, 2.75) is 38.1 Å². The van der Waals surface area contributed by atoms with E-state index in [2.05, 4.69) is 10.3 Å². The van der Waals surface area contributed by atoms with E-state index in [1.165, 1.54) is 12.1 Å². The number of carboxylic acid groups (broad SMARTS) is 1. The van der Waals surface area contributed by atoms with Gasteiger partial charge in [-0.3, -0.25) is 4.79 Å². The summed E-state index contributed by atoms with van der Waals surface area (Å²) in [4.78, 5) is 28.1. The van der Waals surface area contributed by atoms with Crippen molar-refractivity contribution in [2.24, 2.45) is 0 Å². The van der Waals surface area contributed by atoms with Gasteiger partial charge in [0, 0.05) is 16.6 Å². The Labute approximate surface area is 138 Å². The van der Waals surface area contributed by atoms with Crippen molar-refractivity contribution >= 4 is 23.2 Å². The molecule has 120 valence electrons. The van der Waals surface area contributed by atoms with Gasteiger partial charge in [-0.1, -0.05) is 12.8 Å². The number of hydrogen-bond donors (Lipinski definition) is 2. The molecule has 2 aromatic rings. The first kappa shape index (κ1) is 15.7. The molecule has 1 aliphatic rings. The van der Waals surface area contributed by atoms with Crippen molar-refractivity contribution in [1.82, 2.24) is 10.3 Å². The maximum absolute atomic E-state index is 12.6. The number of carbonyl (C=O) groups is 2. The molecule has 1 heterocycles. The van der Waals surface area contributed by atoms with E-state index in [4.69, 9.17) is 5.11 Å². The molecule has 1 fully saturated rings. The molecule has 3 rings (SSSR count). The highest BCUT2D eigenvalue weighted by atomic mass is 32.1. The normalized spacial score (nSPS) is 16.2. The summed E-state index contributed by atoms with van der Waals surface area (Å²) in [6.07, 6.45) is 3.91. The third-order valence-corrected chi connectivity index (χ3v) is 5.40. The second-order valence-electron chi connectivity index (χ2n) is 5.92. The molecule has 0 bridgehead atoms. The molecule has 1 aromatic heterocycles. The average Bonchev–Trinajstić information content (AvgIpc) is 3.17. The van der Waals surface area contributed by atoms with Gasteiger partial charge in [0.05, 0.1) is 11.1 Å². The standard InChI is InChI=1S/C17H18N2O3S/c1-11-10-23-16(18-11)17(8-2-3-9-17)19-14(20)12-4-6-13(7-5-12)15(21)22/h4-7,10H,2-3,8-9H2,1H3,(H,19,20)(H,21,22). The zero-order valence-electron chi connectivity index (χ0n) is 12.8. The number of aryl methyl sites for hydroxylation is 1. The lowest BCUT2D eigenvalue weighted by molar-refractivity contribution is 0.0696. The lowest BCUT2D eigenvalue weighted by Gasteiger charge is -2.28. The van der Waals surface area contributed by atoms with E-state index < -0.39 is 5.97 Å². The summed E-state index contributed by atoms with van der Waals surface area (Å²) in [5.74, 6) is -1.18.